The summed E-state index contributed by atoms with van der Waals surface area (Å²) in [5, 5.41) is 9.98. The molecule has 1 unspecified atom stereocenters. The maximum atomic E-state index is 13.5. The van der Waals surface area contributed by atoms with Crippen molar-refractivity contribution in [2.24, 2.45) is 0 Å². The third kappa shape index (κ3) is 3.87. The molecule has 0 bridgehead atoms. The minimum absolute atomic E-state index is 0.134. The van der Waals surface area contributed by atoms with Gasteiger partial charge in [0.1, 0.15) is 11.6 Å². The van der Waals surface area contributed by atoms with Crippen molar-refractivity contribution in [1.82, 2.24) is 0 Å². The fourth-order valence-corrected chi connectivity index (χ4v) is 2.27. The van der Waals surface area contributed by atoms with Crippen LogP contribution in [0.25, 0.3) is 0 Å². The van der Waals surface area contributed by atoms with Gasteiger partial charge in [-0.25, -0.2) is 8.78 Å². The van der Waals surface area contributed by atoms with Crippen LogP contribution in [0.3, 0.4) is 0 Å². The molecule has 2 aromatic carbocycles. The molecule has 2 aromatic rings. The van der Waals surface area contributed by atoms with Gasteiger partial charge in [0.25, 0.3) is 0 Å². The Bertz CT molecular complexity index is 581. The highest BCUT2D eigenvalue weighted by Gasteiger charge is 2.11. The minimum atomic E-state index is -0.675. The van der Waals surface area contributed by atoms with Gasteiger partial charge in [0.15, 0.2) is 0 Å². The quantitative estimate of drug-likeness (QED) is 0.880. The first kappa shape index (κ1) is 14.7. The van der Waals surface area contributed by atoms with E-state index in [-0.39, 0.29) is 12.0 Å². The number of hydrogen-bond donors (Lipinski definition) is 1. The maximum Gasteiger partial charge on any atom is 0.126 e. The summed E-state index contributed by atoms with van der Waals surface area (Å²) in [4.78, 5) is 0. The van der Waals surface area contributed by atoms with Crippen LogP contribution in [0.2, 0.25) is 0 Å². The monoisotopic (exact) mass is 276 g/mol. The Morgan fingerprint density at radius 3 is 2.55 bits per heavy atom. The third-order valence-electron chi connectivity index (χ3n) is 3.47. The number of aliphatic hydroxyl groups excluding tert-OH is 1. The highest BCUT2D eigenvalue weighted by molar-refractivity contribution is 5.26. The van der Waals surface area contributed by atoms with Crippen molar-refractivity contribution in [3.8, 4) is 0 Å². The first-order chi connectivity index (χ1) is 9.56. The molecule has 1 atom stereocenters. The highest BCUT2D eigenvalue weighted by atomic mass is 19.1. The van der Waals surface area contributed by atoms with Crippen LogP contribution in [-0.2, 0) is 12.8 Å². The first-order valence-electron chi connectivity index (χ1n) is 6.73. The normalized spacial score (nSPS) is 12.4. The van der Waals surface area contributed by atoms with E-state index in [1.54, 1.807) is 0 Å². The molecular weight excluding hydrogens is 258 g/mol. The second-order valence-electron chi connectivity index (χ2n) is 5.06. The molecule has 0 aliphatic rings. The van der Waals surface area contributed by atoms with Gasteiger partial charge < -0.3 is 5.11 Å². The fraction of sp³-hybridized carbons (Fsp3) is 0.294. The largest absolute Gasteiger partial charge is 0.393 e. The third-order valence-corrected chi connectivity index (χ3v) is 3.47. The van der Waals surface area contributed by atoms with Crippen molar-refractivity contribution >= 4 is 0 Å². The first-order valence-corrected chi connectivity index (χ1v) is 6.73. The summed E-state index contributed by atoms with van der Waals surface area (Å²) in [5.74, 6) is -0.950. The molecule has 106 valence electrons. The lowest BCUT2D eigenvalue weighted by molar-refractivity contribution is 0.164. The van der Waals surface area contributed by atoms with E-state index in [0.29, 0.717) is 6.42 Å². The Morgan fingerprint density at radius 2 is 1.80 bits per heavy atom. The average Bonchev–Trinajstić information content (AvgIpc) is 2.42. The molecular formula is C17H18F2O. The van der Waals surface area contributed by atoms with Gasteiger partial charge in [0.05, 0.1) is 6.10 Å². The molecule has 0 aliphatic heterocycles. The van der Waals surface area contributed by atoms with Crippen LogP contribution in [0, 0.1) is 18.6 Å². The van der Waals surface area contributed by atoms with E-state index < -0.39 is 17.7 Å². The summed E-state index contributed by atoms with van der Waals surface area (Å²) in [6, 6.07) is 11.3. The zero-order chi connectivity index (χ0) is 14.5. The Kier molecular flexibility index (Phi) is 4.85. The molecule has 0 saturated carbocycles. The van der Waals surface area contributed by atoms with Crippen LogP contribution in [0.4, 0.5) is 8.78 Å². The molecule has 0 fully saturated rings. The van der Waals surface area contributed by atoms with Crippen LogP contribution in [0.15, 0.2) is 42.5 Å². The topological polar surface area (TPSA) is 20.2 Å². The van der Waals surface area contributed by atoms with Crippen molar-refractivity contribution in [1.29, 1.82) is 0 Å². The van der Waals surface area contributed by atoms with Crippen LogP contribution >= 0.6 is 0 Å². The van der Waals surface area contributed by atoms with Crippen molar-refractivity contribution in [3.05, 3.63) is 70.8 Å². The zero-order valence-electron chi connectivity index (χ0n) is 11.4. The lowest BCUT2D eigenvalue weighted by Gasteiger charge is -2.12. The Hall–Kier alpha value is -1.74. The second kappa shape index (κ2) is 6.62. The molecule has 3 heteroatoms. The van der Waals surface area contributed by atoms with Crippen LogP contribution in [0.5, 0.6) is 0 Å². The van der Waals surface area contributed by atoms with Crippen molar-refractivity contribution in [2.75, 3.05) is 0 Å². The average molecular weight is 276 g/mol. The zero-order valence-corrected chi connectivity index (χ0v) is 11.4. The van der Waals surface area contributed by atoms with Crippen LogP contribution in [-0.4, -0.2) is 11.2 Å². The predicted octanol–water partition coefficient (Wildman–Crippen LogP) is 3.81. The van der Waals surface area contributed by atoms with E-state index in [1.165, 1.54) is 11.1 Å². The summed E-state index contributed by atoms with van der Waals surface area (Å²) >= 11 is 0. The van der Waals surface area contributed by atoms with Crippen molar-refractivity contribution < 1.29 is 13.9 Å². The van der Waals surface area contributed by atoms with Gasteiger partial charge in [0.2, 0.25) is 0 Å². The van der Waals surface area contributed by atoms with E-state index >= 15 is 0 Å². The standard InChI is InChI=1S/C17H18F2O/c1-12-4-2-3-5-13(12)6-8-16(20)11-14-10-15(18)7-9-17(14)19/h2-5,7,9-10,16,20H,6,8,11H2,1H3. The predicted molar refractivity (Wildman–Crippen MR) is 75.6 cm³/mol. The maximum absolute atomic E-state index is 13.5. The molecule has 0 aromatic heterocycles. The lowest BCUT2D eigenvalue weighted by atomic mass is 9.98. The molecule has 0 aliphatic carbocycles. The van der Waals surface area contributed by atoms with Crippen molar-refractivity contribution in [2.45, 2.75) is 32.3 Å². The SMILES string of the molecule is Cc1ccccc1CCC(O)Cc1cc(F)ccc1F. The smallest absolute Gasteiger partial charge is 0.126 e. The Labute approximate surface area is 117 Å². The van der Waals surface area contributed by atoms with E-state index in [4.69, 9.17) is 0 Å². The summed E-state index contributed by atoms with van der Waals surface area (Å²) in [5.41, 5.74) is 2.57. The molecule has 1 N–H and O–H groups in total. The van der Waals surface area contributed by atoms with E-state index in [0.717, 1.165) is 24.6 Å². The van der Waals surface area contributed by atoms with E-state index in [2.05, 4.69) is 0 Å². The molecule has 2 rings (SSSR count). The van der Waals surface area contributed by atoms with Gasteiger partial charge in [-0.15, -0.1) is 0 Å². The van der Waals surface area contributed by atoms with Crippen LogP contribution in [0.1, 0.15) is 23.1 Å². The summed E-state index contributed by atoms with van der Waals surface area (Å²) in [7, 11) is 0. The second-order valence-corrected chi connectivity index (χ2v) is 5.06. The van der Waals surface area contributed by atoms with E-state index in [9.17, 15) is 13.9 Å². The Balaban J connectivity index is 1.94. The number of halogens is 2. The molecule has 0 heterocycles. The number of aliphatic hydroxyl groups is 1. The van der Waals surface area contributed by atoms with E-state index in [1.807, 2.05) is 31.2 Å². The van der Waals surface area contributed by atoms with Gasteiger partial charge in [-0.1, -0.05) is 24.3 Å². The molecule has 0 spiro atoms. The summed E-state index contributed by atoms with van der Waals surface area (Å²) < 4.78 is 26.5. The summed E-state index contributed by atoms with van der Waals surface area (Å²) in [6.45, 7) is 2.02. The van der Waals surface area contributed by atoms with Crippen molar-refractivity contribution in [3.63, 3.8) is 0 Å². The highest BCUT2D eigenvalue weighted by Crippen LogP contribution is 2.16. The number of hydrogen-bond acceptors (Lipinski definition) is 1. The molecule has 0 amide bonds. The molecule has 0 saturated heterocycles. The fourth-order valence-electron chi connectivity index (χ4n) is 2.27. The number of aryl methyl sites for hydroxylation is 2. The molecule has 1 nitrogen and oxygen atoms in total. The van der Waals surface area contributed by atoms with Crippen LogP contribution < -0.4 is 0 Å². The minimum Gasteiger partial charge on any atom is -0.393 e. The number of rotatable bonds is 5. The van der Waals surface area contributed by atoms with Gasteiger partial charge in [-0.3, -0.25) is 0 Å². The van der Waals surface area contributed by atoms with Gasteiger partial charge in [-0.2, -0.15) is 0 Å². The lowest BCUT2D eigenvalue weighted by Crippen LogP contribution is -2.13. The Morgan fingerprint density at radius 1 is 1.05 bits per heavy atom. The van der Waals surface area contributed by atoms with Gasteiger partial charge >= 0.3 is 0 Å². The van der Waals surface area contributed by atoms with Gasteiger partial charge in [0, 0.05) is 6.42 Å². The van der Waals surface area contributed by atoms with Gasteiger partial charge in [-0.05, 0) is 54.7 Å². The molecule has 20 heavy (non-hydrogen) atoms. The molecule has 0 radical (unpaired) electrons. The summed E-state index contributed by atoms with van der Waals surface area (Å²) in [6.07, 6.45) is 0.715. The number of benzene rings is 2.